The topological polar surface area (TPSA) is 59.1 Å². The molecule has 0 fully saturated rings. The van der Waals surface area contributed by atoms with Gasteiger partial charge in [-0.3, -0.25) is 9.59 Å². The molecular formula is C40H64N2O4. The number of carbonyl (C=O) groups excluding carboxylic acids is 2. The highest BCUT2D eigenvalue weighted by Gasteiger charge is 2.25. The first kappa shape index (κ1) is 39.5. The van der Waals surface area contributed by atoms with Crippen LogP contribution in [0.3, 0.4) is 0 Å². The molecule has 0 aliphatic heterocycles. The molecule has 0 amide bonds. The van der Waals surface area contributed by atoms with Crippen molar-refractivity contribution in [2.75, 3.05) is 52.5 Å². The Balaban J connectivity index is 2.17. The van der Waals surface area contributed by atoms with E-state index in [-0.39, 0.29) is 23.4 Å². The van der Waals surface area contributed by atoms with Crippen molar-refractivity contribution in [2.24, 2.45) is 11.8 Å². The molecule has 0 N–H and O–H groups in total. The van der Waals surface area contributed by atoms with Crippen molar-refractivity contribution < 1.29 is 19.1 Å². The lowest BCUT2D eigenvalue weighted by molar-refractivity contribution is 0.0846. The Morgan fingerprint density at radius 3 is 1.13 bits per heavy atom. The van der Waals surface area contributed by atoms with Crippen molar-refractivity contribution in [3.8, 4) is 11.5 Å². The molecule has 2 atom stereocenters. The minimum Gasteiger partial charge on any atom is -0.494 e. The van der Waals surface area contributed by atoms with Crippen molar-refractivity contribution in [3.63, 3.8) is 0 Å². The number of hydrogen-bond donors (Lipinski definition) is 0. The van der Waals surface area contributed by atoms with Gasteiger partial charge in [-0.2, -0.15) is 0 Å². The van der Waals surface area contributed by atoms with Gasteiger partial charge in [-0.05, 0) is 126 Å². The van der Waals surface area contributed by atoms with Crippen molar-refractivity contribution in [2.45, 2.75) is 106 Å². The van der Waals surface area contributed by atoms with Gasteiger partial charge in [0.05, 0.1) is 13.2 Å². The average Bonchev–Trinajstić information content (AvgIpc) is 3.07. The molecule has 0 saturated carbocycles. The number of unbranched alkanes of at least 4 members (excludes halogenated alkanes) is 1. The maximum absolute atomic E-state index is 13.9. The van der Waals surface area contributed by atoms with Crippen LogP contribution in [0.1, 0.15) is 126 Å². The Morgan fingerprint density at radius 2 is 0.848 bits per heavy atom. The molecule has 0 radical (unpaired) electrons. The van der Waals surface area contributed by atoms with Gasteiger partial charge in [0.1, 0.15) is 11.5 Å². The predicted molar refractivity (Wildman–Crippen MR) is 193 cm³/mol. The van der Waals surface area contributed by atoms with Crippen LogP contribution < -0.4 is 9.47 Å². The van der Waals surface area contributed by atoms with Gasteiger partial charge >= 0.3 is 0 Å². The molecular weight excluding hydrogens is 572 g/mol. The standard InChI is InChI=1S/C40H64N2O4/c1-7-25-41(26-8-2)31-35(39(43)33-17-21-37(22-18-33)45-29-11-5)15-13-14-16-36(32-42(27-9-3)28-10-4)40(44)34-19-23-38(24-20-34)46-30-12-6/h17-24,35-36H,7-16,25-32H2,1-6H3/t35-,36-/m0/s1. The summed E-state index contributed by atoms with van der Waals surface area (Å²) in [6.07, 6.45) is 9.72. The number of rotatable bonds is 27. The molecule has 0 aliphatic carbocycles. The van der Waals surface area contributed by atoms with E-state index < -0.39 is 0 Å². The van der Waals surface area contributed by atoms with Crippen molar-refractivity contribution in [1.82, 2.24) is 9.80 Å². The number of nitrogens with zero attached hydrogens (tertiary/aromatic N) is 2. The van der Waals surface area contributed by atoms with Gasteiger partial charge < -0.3 is 19.3 Å². The summed E-state index contributed by atoms with van der Waals surface area (Å²) in [6.45, 7) is 19.9. The zero-order valence-electron chi connectivity index (χ0n) is 30.0. The number of hydrogen-bond acceptors (Lipinski definition) is 6. The summed E-state index contributed by atoms with van der Waals surface area (Å²) in [6, 6.07) is 15.4. The van der Waals surface area contributed by atoms with E-state index in [4.69, 9.17) is 9.47 Å². The average molecular weight is 637 g/mol. The number of carbonyl (C=O) groups is 2. The SMILES string of the molecule is CCCOc1ccc(C(=O)[C@@H](CCCC[C@@H](CN(CCC)CCC)C(=O)c2ccc(OCCC)cc2)CN(CCC)CCC)cc1. The van der Waals surface area contributed by atoms with Crippen LogP contribution >= 0.6 is 0 Å². The highest BCUT2D eigenvalue weighted by molar-refractivity contribution is 5.98. The van der Waals surface area contributed by atoms with Gasteiger partial charge in [-0.25, -0.2) is 0 Å². The van der Waals surface area contributed by atoms with E-state index in [2.05, 4.69) is 51.3 Å². The Labute approximate surface area is 281 Å². The summed E-state index contributed by atoms with van der Waals surface area (Å²) in [7, 11) is 0. The van der Waals surface area contributed by atoms with Crippen molar-refractivity contribution in [1.29, 1.82) is 0 Å². The van der Waals surface area contributed by atoms with Crippen molar-refractivity contribution in [3.05, 3.63) is 59.7 Å². The summed E-state index contributed by atoms with van der Waals surface area (Å²) in [5.41, 5.74) is 1.52. The molecule has 2 aromatic carbocycles. The van der Waals surface area contributed by atoms with Gasteiger partial charge in [0.15, 0.2) is 11.6 Å². The fourth-order valence-corrected chi connectivity index (χ4v) is 6.21. The zero-order valence-corrected chi connectivity index (χ0v) is 30.0. The quantitative estimate of drug-likeness (QED) is 0.0719. The van der Waals surface area contributed by atoms with Crippen LogP contribution in [-0.4, -0.2) is 73.8 Å². The highest BCUT2D eigenvalue weighted by atomic mass is 16.5. The van der Waals surface area contributed by atoms with Gasteiger partial charge in [0, 0.05) is 36.1 Å². The minimum absolute atomic E-state index is 0.0676. The number of ether oxygens (including phenoxy) is 2. The maximum Gasteiger partial charge on any atom is 0.167 e. The number of benzene rings is 2. The van der Waals surface area contributed by atoms with E-state index in [0.717, 1.165) is 126 Å². The third-order valence-electron chi connectivity index (χ3n) is 8.44. The zero-order chi connectivity index (χ0) is 33.6. The highest BCUT2D eigenvalue weighted by Crippen LogP contribution is 2.24. The van der Waals surface area contributed by atoms with Crippen LogP contribution in [0.4, 0.5) is 0 Å². The summed E-state index contributed by atoms with van der Waals surface area (Å²) < 4.78 is 11.5. The van der Waals surface area contributed by atoms with Gasteiger partial charge in [0.2, 0.25) is 0 Å². The molecule has 0 aliphatic rings. The van der Waals surface area contributed by atoms with Gasteiger partial charge in [-0.1, -0.05) is 54.4 Å². The van der Waals surface area contributed by atoms with E-state index in [1.807, 2.05) is 48.5 Å². The predicted octanol–water partition coefficient (Wildman–Crippen LogP) is 9.37. The molecule has 258 valence electrons. The van der Waals surface area contributed by atoms with Crippen LogP contribution in [0.25, 0.3) is 0 Å². The lowest BCUT2D eigenvalue weighted by Crippen LogP contribution is -2.35. The number of Topliss-reactive ketones (excluding diaryl/α,β-unsaturated/α-hetero) is 2. The lowest BCUT2D eigenvalue weighted by atomic mass is 9.88. The molecule has 0 aromatic heterocycles. The van der Waals surface area contributed by atoms with Crippen LogP contribution in [0.5, 0.6) is 11.5 Å². The smallest absolute Gasteiger partial charge is 0.167 e. The first-order valence-electron chi connectivity index (χ1n) is 18.4. The third kappa shape index (κ3) is 14.4. The Hall–Kier alpha value is -2.70. The third-order valence-corrected chi connectivity index (χ3v) is 8.44. The van der Waals surface area contributed by atoms with E-state index in [9.17, 15) is 9.59 Å². The summed E-state index contributed by atoms with van der Waals surface area (Å²) in [4.78, 5) is 32.7. The Bertz CT molecular complexity index is 986. The second kappa shape index (κ2) is 23.6. The fraction of sp³-hybridized carbons (Fsp3) is 0.650. The van der Waals surface area contributed by atoms with E-state index in [1.165, 1.54) is 0 Å². The van der Waals surface area contributed by atoms with E-state index in [0.29, 0.717) is 13.2 Å². The summed E-state index contributed by atoms with van der Waals surface area (Å²) in [5, 5.41) is 0. The van der Waals surface area contributed by atoms with Crippen molar-refractivity contribution >= 4 is 11.6 Å². The molecule has 0 heterocycles. The first-order valence-corrected chi connectivity index (χ1v) is 18.4. The monoisotopic (exact) mass is 636 g/mol. The van der Waals surface area contributed by atoms with Crippen LogP contribution in [-0.2, 0) is 0 Å². The lowest BCUT2D eigenvalue weighted by Gasteiger charge is -2.28. The molecule has 0 unspecified atom stereocenters. The molecule has 0 spiro atoms. The van der Waals surface area contributed by atoms with Crippen LogP contribution in [0.2, 0.25) is 0 Å². The summed E-state index contributed by atoms with van der Waals surface area (Å²) in [5.74, 6) is 1.92. The van der Waals surface area contributed by atoms with E-state index in [1.54, 1.807) is 0 Å². The van der Waals surface area contributed by atoms with Crippen LogP contribution in [0.15, 0.2) is 48.5 Å². The molecule has 2 rings (SSSR count). The minimum atomic E-state index is -0.0676. The van der Waals surface area contributed by atoms with Crippen LogP contribution in [0, 0.1) is 11.8 Å². The Morgan fingerprint density at radius 1 is 0.522 bits per heavy atom. The number of ketones is 2. The summed E-state index contributed by atoms with van der Waals surface area (Å²) >= 11 is 0. The Kier molecular flexibility index (Phi) is 20.2. The first-order chi connectivity index (χ1) is 22.4. The van der Waals surface area contributed by atoms with Gasteiger partial charge in [0.25, 0.3) is 0 Å². The molecule has 6 heteroatoms. The largest absolute Gasteiger partial charge is 0.494 e. The molecule has 2 aromatic rings. The maximum atomic E-state index is 13.9. The molecule has 6 nitrogen and oxygen atoms in total. The second-order valence-electron chi connectivity index (χ2n) is 12.8. The second-order valence-corrected chi connectivity index (χ2v) is 12.8. The molecule has 0 saturated heterocycles. The van der Waals surface area contributed by atoms with Gasteiger partial charge in [-0.15, -0.1) is 0 Å². The molecule has 0 bridgehead atoms. The normalized spacial score (nSPS) is 12.8. The van der Waals surface area contributed by atoms with E-state index >= 15 is 0 Å². The molecule has 46 heavy (non-hydrogen) atoms. The fourth-order valence-electron chi connectivity index (χ4n) is 6.21.